The van der Waals surface area contributed by atoms with Crippen molar-refractivity contribution < 1.29 is 19.1 Å². The second-order valence-corrected chi connectivity index (χ2v) is 10.6. The lowest BCUT2D eigenvalue weighted by atomic mass is 9.78. The Bertz CT molecular complexity index is 583. The summed E-state index contributed by atoms with van der Waals surface area (Å²) in [5, 5.41) is 0. The van der Waals surface area contributed by atoms with Crippen molar-refractivity contribution in [3.8, 4) is 11.8 Å². The Labute approximate surface area is 191 Å². The average Bonchev–Trinajstić information content (AvgIpc) is 2.67. The van der Waals surface area contributed by atoms with Crippen LogP contribution in [0.25, 0.3) is 0 Å². The summed E-state index contributed by atoms with van der Waals surface area (Å²) in [6.07, 6.45) is 9.49. The molecular weight excluding hydrogens is 388 g/mol. The van der Waals surface area contributed by atoms with Crippen molar-refractivity contribution in [1.82, 2.24) is 0 Å². The van der Waals surface area contributed by atoms with Gasteiger partial charge in [0.25, 0.3) is 0 Å². The van der Waals surface area contributed by atoms with E-state index in [9.17, 15) is 9.59 Å². The topological polar surface area (TPSA) is 52.6 Å². The molecule has 4 heteroatoms. The van der Waals surface area contributed by atoms with Crippen LogP contribution in [-0.4, -0.2) is 30.6 Å². The van der Waals surface area contributed by atoms with Crippen molar-refractivity contribution in [3.05, 3.63) is 0 Å². The lowest BCUT2D eigenvalue weighted by Gasteiger charge is -2.26. The SMILES string of the molecule is CCCCOCCCC(CC(=O)OC(C)(C)C)C(=O)C#C[C@H]1CC[C@@H](CC(C)C)CC1. The van der Waals surface area contributed by atoms with Crippen molar-refractivity contribution in [1.29, 1.82) is 0 Å². The number of unbranched alkanes of at least 4 members (excludes halogenated alkanes) is 1. The highest BCUT2D eigenvalue weighted by atomic mass is 16.6. The summed E-state index contributed by atoms with van der Waals surface area (Å²) in [4.78, 5) is 25.2. The zero-order valence-corrected chi connectivity index (χ0v) is 20.9. The van der Waals surface area contributed by atoms with Gasteiger partial charge in [0.15, 0.2) is 0 Å². The van der Waals surface area contributed by atoms with Crippen LogP contribution >= 0.6 is 0 Å². The normalized spacial score (nSPS) is 20.1. The molecule has 0 aromatic carbocycles. The van der Waals surface area contributed by atoms with Crippen LogP contribution in [0.4, 0.5) is 0 Å². The molecule has 0 aromatic rings. The average molecular weight is 435 g/mol. The molecule has 1 aliphatic carbocycles. The van der Waals surface area contributed by atoms with E-state index in [-0.39, 0.29) is 18.2 Å². The van der Waals surface area contributed by atoms with Crippen LogP contribution in [0.15, 0.2) is 0 Å². The summed E-state index contributed by atoms with van der Waals surface area (Å²) >= 11 is 0. The number of rotatable bonds is 12. The lowest BCUT2D eigenvalue weighted by molar-refractivity contribution is -0.157. The lowest BCUT2D eigenvalue weighted by Crippen LogP contribution is -2.27. The maximum Gasteiger partial charge on any atom is 0.307 e. The highest BCUT2D eigenvalue weighted by Crippen LogP contribution is 2.32. The first-order valence-corrected chi connectivity index (χ1v) is 12.5. The van der Waals surface area contributed by atoms with E-state index in [1.807, 2.05) is 20.8 Å². The second kappa shape index (κ2) is 14.7. The molecule has 178 valence electrons. The molecule has 0 aromatic heterocycles. The number of hydrogen-bond acceptors (Lipinski definition) is 4. The first-order chi connectivity index (χ1) is 14.6. The number of esters is 1. The molecule has 4 nitrogen and oxygen atoms in total. The highest BCUT2D eigenvalue weighted by Gasteiger charge is 2.25. The van der Waals surface area contributed by atoms with Gasteiger partial charge in [-0.25, -0.2) is 0 Å². The van der Waals surface area contributed by atoms with Gasteiger partial charge in [0, 0.05) is 25.0 Å². The van der Waals surface area contributed by atoms with Crippen molar-refractivity contribution in [2.75, 3.05) is 13.2 Å². The van der Waals surface area contributed by atoms with E-state index < -0.39 is 11.5 Å². The number of ether oxygens (including phenoxy) is 2. The van der Waals surface area contributed by atoms with E-state index in [1.165, 1.54) is 19.3 Å². The molecule has 0 amide bonds. The van der Waals surface area contributed by atoms with Gasteiger partial charge in [0.1, 0.15) is 5.60 Å². The van der Waals surface area contributed by atoms with Crippen LogP contribution < -0.4 is 0 Å². The molecule has 0 bridgehead atoms. The second-order valence-electron chi connectivity index (χ2n) is 10.6. The monoisotopic (exact) mass is 434 g/mol. The molecule has 0 N–H and O–H groups in total. The molecule has 0 aliphatic heterocycles. The number of ketones is 1. The zero-order chi connectivity index (χ0) is 23.3. The summed E-state index contributed by atoms with van der Waals surface area (Å²) in [6.45, 7) is 13.6. The van der Waals surface area contributed by atoms with Crippen LogP contribution in [-0.2, 0) is 19.1 Å². The van der Waals surface area contributed by atoms with E-state index in [0.717, 1.165) is 50.5 Å². The van der Waals surface area contributed by atoms with Crippen LogP contribution in [0.1, 0.15) is 106 Å². The van der Waals surface area contributed by atoms with E-state index in [2.05, 4.69) is 32.6 Å². The fourth-order valence-corrected chi connectivity index (χ4v) is 4.17. The molecule has 0 heterocycles. The molecule has 0 radical (unpaired) electrons. The smallest absolute Gasteiger partial charge is 0.307 e. The molecule has 1 rings (SSSR count). The predicted molar refractivity (Wildman–Crippen MR) is 127 cm³/mol. The first kappa shape index (κ1) is 27.7. The minimum Gasteiger partial charge on any atom is -0.460 e. The van der Waals surface area contributed by atoms with E-state index in [0.29, 0.717) is 18.9 Å². The standard InChI is InChI=1S/C27H46O4/c1-7-8-17-30-18-9-10-24(20-26(29)31-27(4,5)6)25(28)16-15-22-11-13-23(14-12-22)19-21(2)3/h21-24H,7-14,17-20H2,1-6H3/t22-,23+,24?. The van der Waals surface area contributed by atoms with Gasteiger partial charge >= 0.3 is 5.97 Å². The molecule has 0 saturated heterocycles. The van der Waals surface area contributed by atoms with Crippen molar-refractivity contribution in [3.63, 3.8) is 0 Å². The van der Waals surface area contributed by atoms with Crippen LogP contribution in [0.2, 0.25) is 0 Å². The van der Waals surface area contributed by atoms with Crippen LogP contribution in [0.3, 0.4) is 0 Å². The summed E-state index contributed by atoms with van der Waals surface area (Å²) in [5.74, 6) is 7.14. The van der Waals surface area contributed by atoms with E-state index in [4.69, 9.17) is 9.47 Å². The van der Waals surface area contributed by atoms with Crippen LogP contribution in [0, 0.1) is 35.5 Å². The van der Waals surface area contributed by atoms with Gasteiger partial charge in [0.05, 0.1) is 6.42 Å². The Morgan fingerprint density at radius 1 is 1.03 bits per heavy atom. The van der Waals surface area contributed by atoms with Crippen molar-refractivity contribution in [2.24, 2.45) is 23.7 Å². The van der Waals surface area contributed by atoms with Gasteiger partial charge in [-0.15, -0.1) is 0 Å². The van der Waals surface area contributed by atoms with Crippen LogP contribution in [0.5, 0.6) is 0 Å². The third-order valence-electron chi connectivity index (χ3n) is 5.74. The molecule has 1 aliphatic rings. The quantitative estimate of drug-likeness (QED) is 0.155. The number of Topliss-reactive ketones (excluding diaryl/α,β-unsaturated/α-hetero) is 1. The van der Waals surface area contributed by atoms with Gasteiger partial charge < -0.3 is 9.47 Å². The summed E-state index contributed by atoms with van der Waals surface area (Å²) in [5.41, 5.74) is -0.547. The summed E-state index contributed by atoms with van der Waals surface area (Å²) in [6, 6.07) is 0. The molecule has 31 heavy (non-hydrogen) atoms. The fourth-order valence-electron chi connectivity index (χ4n) is 4.17. The minimum absolute atomic E-state index is 0.0981. The Kier molecular flexibility index (Phi) is 13.1. The van der Waals surface area contributed by atoms with Crippen molar-refractivity contribution >= 4 is 11.8 Å². The zero-order valence-electron chi connectivity index (χ0n) is 20.9. The minimum atomic E-state index is -0.547. The summed E-state index contributed by atoms with van der Waals surface area (Å²) in [7, 11) is 0. The molecular formula is C27H46O4. The molecule has 1 fully saturated rings. The van der Waals surface area contributed by atoms with Gasteiger partial charge in [-0.3, -0.25) is 9.59 Å². The number of carbonyl (C=O) groups excluding carboxylic acids is 2. The van der Waals surface area contributed by atoms with Gasteiger partial charge in [-0.1, -0.05) is 33.1 Å². The third kappa shape index (κ3) is 13.6. The van der Waals surface area contributed by atoms with E-state index in [1.54, 1.807) is 0 Å². The molecule has 1 saturated carbocycles. The molecule has 1 atom stereocenters. The molecule has 1 unspecified atom stereocenters. The van der Waals surface area contributed by atoms with Gasteiger partial charge in [0.2, 0.25) is 5.78 Å². The maximum absolute atomic E-state index is 12.8. The Balaban J connectivity index is 2.60. The van der Waals surface area contributed by atoms with Crippen molar-refractivity contribution in [2.45, 2.75) is 111 Å². The first-order valence-electron chi connectivity index (χ1n) is 12.5. The predicted octanol–water partition coefficient (Wildman–Crippen LogP) is 6.36. The van der Waals surface area contributed by atoms with Gasteiger partial charge in [-0.05, 0) is 89.9 Å². The Hall–Kier alpha value is -1.34. The maximum atomic E-state index is 12.8. The Morgan fingerprint density at radius 3 is 2.26 bits per heavy atom. The van der Waals surface area contributed by atoms with E-state index >= 15 is 0 Å². The third-order valence-corrected chi connectivity index (χ3v) is 5.74. The fraction of sp³-hybridized carbons (Fsp3) is 0.852. The van der Waals surface area contributed by atoms with Gasteiger partial charge in [-0.2, -0.15) is 0 Å². The number of carbonyl (C=O) groups is 2. The summed E-state index contributed by atoms with van der Waals surface area (Å²) < 4.78 is 11.1. The number of hydrogen-bond donors (Lipinski definition) is 0. The molecule has 0 spiro atoms. The largest absolute Gasteiger partial charge is 0.460 e. The Morgan fingerprint density at radius 2 is 1.68 bits per heavy atom. The highest BCUT2D eigenvalue weighted by molar-refractivity contribution is 5.99.